The van der Waals surface area contributed by atoms with Crippen LogP contribution in [0.3, 0.4) is 0 Å². The summed E-state index contributed by atoms with van der Waals surface area (Å²) < 4.78 is 57.8. The van der Waals surface area contributed by atoms with E-state index < -0.39 is 11.7 Å². The van der Waals surface area contributed by atoms with E-state index >= 15 is 4.39 Å². The van der Waals surface area contributed by atoms with E-state index in [1.54, 1.807) is 24.3 Å². The molecule has 3 fully saturated rings. The number of hydrogen-bond acceptors (Lipinski definition) is 8. The Bertz CT molecular complexity index is 1780. The van der Waals surface area contributed by atoms with Gasteiger partial charge in [-0.3, -0.25) is 0 Å². The van der Waals surface area contributed by atoms with Crippen LogP contribution in [0.2, 0.25) is 0 Å². The van der Waals surface area contributed by atoms with Gasteiger partial charge in [-0.15, -0.1) is 5.10 Å². The van der Waals surface area contributed by atoms with Crippen LogP contribution in [-0.2, 0) is 6.18 Å². The van der Waals surface area contributed by atoms with Crippen LogP contribution in [0.15, 0.2) is 48.5 Å². The maximum atomic E-state index is 15.4. The average Bonchev–Trinajstić information content (AvgIpc) is 3.75. The number of nitrogens with two attached hydrogens (primary N) is 1. The molecule has 0 radical (unpaired) electrons. The normalized spacial score (nSPS) is 19.1. The quantitative estimate of drug-likeness (QED) is 0.227. The Morgan fingerprint density at radius 2 is 1.57 bits per heavy atom. The number of rotatable bonds is 6. The Morgan fingerprint density at radius 1 is 0.830 bits per heavy atom. The van der Waals surface area contributed by atoms with Crippen LogP contribution < -0.4 is 20.9 Å². The topological polar surface area (TPSA) is 91.4 Å². The maximum absolute atomic E-state index is 15.4. The number of fused-ring (bicyclic) bond motifs is 2. The fourth-order valence-electron chi connectivity index (χ4n) is 7.82. The highest BCUT2D eigenvalue weighted by Gasteiger charge is 2.36. The van der Waals surface area contributed by atoms with Crippen molar-refractivity contribution in [2.45, 2.75) is 56.7 Å². The molecule has 0 atom stereocenters. The van der Waals surface area contributed by atoms with E-state index in [1.165, 1.54) is 48.8 Å². The van der Waals surface area contributed by atoms with Crippen molar-refractivity contribution < 1.29 is 17.6 Å². The zero-order valence-corrected chi connectivity index (χ0v) is 26.0. The molecule has 5 aliphatic heterocycles. The van der Waals surface area contributed by atoms with E-state index in [1.807, 2.05) is 0 Å². The molecule has 0 spiro atoms. The van der Waals surface area contributed by atoms with Gasteiger partial charge in [-0.05, 0) is 93.6 Å². The Hall–Kier alpha value is -4.39. The lowest BCUT2D eigenvalue weighted by Gasteiger charge is -2.42. The maximum Gasteiger partial charge on any atom is 0.416 e. The summed E-state index contributed by atoms with van der Waals surface area (Å²) >= 11 is 0. The molecule has 0 saturated carbocycles. The molecule has 7 heterocycles. The van der Waals surface area contributed by atoms with E-state index in [2.05, 4.69) is 30.1 Å². The smallest absolute Gasteiger partial charge is 0.370 e. The van der Waals surface area contributed by atoms with E-state index in [0.717, 1.165) is 69.3 Å². The summed E-state index contributed by atoms with van der Waals surface area (Å²) in [6.45, 7) is 5.65. The highest BCUT2D eigenvalue weighted by Crippen LogP contribution is 2.47. The monoisotopic (exact) mass is 647 g/mol. The molecule has 9 nitrogen and oxygen atoms in total. The fourth-order valence-corrected chi connectivity index (χ4v) is 7.82. The molecule has 13 heteroatoms. The fraction of sp³-hybridized carbons (Fsp3) is 0.441. The molecular formula is C34H37F4N9. The van der Waals surface area contributed by atoms with Crippen molar-refractivity contribution in [1.29, 1.82) is 0 Å². The van der Waals surface area contributed by atoms with Gasteiger partial charge in [0.1, 0.15) is 5.82 Å². The third kappa shape index (κ3) is 5.64. The van der Waals surface area contributed by atoms with Crippen molar-refractivity contribution >= 4 is 29.0 Å². The molecule has 2 aromatic heterocycles. The summed E-state index contributed by atoms with van der Waals surface area (Å²) in [7, 11) is 0. The van der Waals surface area contributed by atoms with Crippen LogP contribution in [0, 0.1) is 5.82 Å². The highest BCUT2D eigenvalue weighted by atomic mass is 19.4. The summed E-state index contributed by atoms with van der Waals surface area (Å²) in [6.07, 6.45) is 1.98. The number of piperidine rings is 2. The first kappa shape index (κ1) is 30.0. The van der Waals surface area contributed by atoms with E-state index in [-0.39, 0.29) is 23.6 Å². The number of anilines is 5. The van der Waals surface area contributed by atoms with Gasteiger partial charge in [0, 0.05) is 49.4 Å². The van der Waals surface area contributed by atoms with Gasteiger partial charge < -0.3 is 25.8 Å². The first-order chi connectivity index (χ1) is 22.7. The minimum atomic E-state index is -4.47. The third-order valence-electron chi connectivity index (χ3n) is 10.2. The van der Waals surface area contributed by atoms with E-state index in [4.69, 9.17) is 10.7 Å². The average molecular weight is 648 g/mol. The number of alkyl halides is 3. The van der Waals surface area contributed by atoms with Crippen LogP contribution >= 0.6 is 0 Å². The summed E-state index contributed by atoms with van der Waals surface area (Å²) in [5.41, 5.74) is 9.45. The summed E-state index contributed by atoms with van der Waals surface area (Å²) in [6, 6.07) is 12.7. The Balaban J connectivity index is 1.06. The second-order valence-corrected chi connectivity index (χ2v) is 13.1. The first-order valence-electron chi connectivity index (χ1n) is 16.5. The number of nitrogens with one attached hydrogen (secondary N) is 1. The molecule has 2 bridgehead atoms. The number of nitrogens with zero attached hydrogens (tertiary/aromatic N) is 7. The van der Waals surface area contributed by atoms with Crippen LogP contribution in [0.5, 0.6) is 0 Å². The van der Waals surface area contributed by atoms with Crippen molar-refractivity contribution in [2.24, 2.45) is 0 Å². The summed E-state index contributed by atoms with van der Waals surface area (Å²) in [5, 5.41) is 7.60. The molecule has 3 saturated heterocycles. The number of pyridine rings is 1. The molecular weight excluding hydrogens is 610 g/mol. The van der Waals surface area contributed by atoms with Gasteiger partial charge in [-0.2, -0.15) is 22.8 Å². The van der Waals surface area contributed by atoms with Gasteiger partial charge in [0.25, 0.3) is 0 Å². The number of halogens is 4. The van der Waals surface area contributed by atoms with Gasteiger partial charge in [-0.25, -0.2) is 9.37 Å². The van der Waals surface area contributed by atoms with Crippen molar-refractivity contribution in [1.82, 2.24) is 24.6 Å². The number of nitrogen functional groups attached to an aromatic ring is 1. The SMILES string of the molecule is Nc1nc(Nc2ccc(N3CCC(N4CCCC4)CC3)c(F)c2)nn1-c1cc(-c2cccc(C(F)(F)F)c2)c2c(n1)C1CCN2CC1. The molecule has 2 aromatic carbocycles. The minimum absolute atomic E-state index is 0.0502. The molecule has 0 aliphatic carbocycles. The number of benzene rings is 2. The van der Waals surface area contributed by atoms with Crippen molar-refractivity contribution in [2.75, 3.05) is 60.1 Å². The zero-order valence-electron chi connectivity index (χ0n) is 26.0. The van der Waals surface area contributed by atoms with Crippen molar-refractivity contribution in [3.05, 3.63) is 65.6 Å². The summed E-state index contributed by atoms with van der Waals surface area (Å²) in [4.78, 5) is 16.2. The molecule has 47 heavy (non-hydrogen) atoms. The molecule has 5 aliphatic rings. The second-order valence-electron chi connectivity index (χ2n) is 13.1. The molecule has 4 aromatic rings. The first-order valence-corrected chi connectivity index (χ1v) is 16.5. The van der Waals surface area contributed by atoms with Gasteiger partial charge in [-0.1, -0.05) is 12.1 Å². The summed E-state index contributed by atoms with van der Waals surface area (Å²) in [5.74, 6) is 0.436. The predicted octanol–water partition coefficient (Wildman–Crippen LogP) is 6.58. The predicted molar refractivity (Wildman–Crippen MR) is 174 cm³/mol. The van der Waals surface area contributed by atoms with Crippen molar-refractivity contribution in [3.63, 3.8) is 0 Å². The Labute approximate surface area is 270 Å². The number of hydrogen-bond donors (Lipinski definition) is 2. The van der Waals surface area contributed by atoms with Gasteiger partial charge in [0.15, 0.2) is 5.82 Å². The third-order valence-corrected chi connectivity index (χ3v) is 10.2. The molecule has 9 rings (SSSR count). The lowest BCUT2D eigenvalue weighted by Crippen LogP contribution is -2.44. The van der Waals surface area contributed by atoms with Gasteiger partial charge in [0.05, 0.1) is 22.6 Å². The highest BCUT2D eigenvalue weighted by molar-refractivity contribution is 5.83. The van der Waals surface area contributed by atoms with Crippen molar-refractivity contribution in [3.8, 4) is 16.9 Å². The Kier molecular flexibility index (Phi) is 7.46. The largest absolute Gasteiger partial charge is 0.416 e. The lowest BCUT2D eigenvalue weighted by atomic mass is 9.84. The number of likely N-dealkylation sites (tertiary alicyclic amines) is 1. The van der Waals surface area contributed by atoms with Gasteiger partial charge in [0.2, 0.25) is 11.9 Å². The Morgan fingerprint density at radius 3 is 2.30 bits per heavy atom. The molecule has 246 valence electrons. The van der Waals surface area contributed by atoms with E-state index in [0.29, 0.717) is 34.4 Å². The van der Waals surface area contributed by atoms with Crippen LogP contribution in [0.4, 0.5) is 46.5 Å². The molecule has 3 N–H and O–H groups in total. The standard InChI is InChI=1S/C34H37F4N9/c35-27-19-24(6-7-28(27)45-16-10-25(11-17-45)44-12-1-2-13-44)40-33-42-32(39)47(43-33)29-20-26(22-4-3-5-23(18-22)34(36,37)38)31-30(41-29)21-8-14-46(31)15-9-21/h3-7,18-21,25H,1-2,8-17H2,(H3,39,40,42,43). The van der Waals surface area contributed by atoms with Gasteiger partial charge >= 0.3 is 6.18 Å². The molecule has 0 amide bonds. The molecule has 0 unspecified atom stereocenters. The van der Waals surface area contributed by atoms with Crippen LogP contribution in [0.25, 0.3) is 16.9 Å². The number of aromatic nitrogens is 4. The van der Waals surface area contributed by atoms with E-state index in [9.17, 15) is 13.2 Å². The minimum Gasteiger partial charge on any atom is -0.370 e. The van der Waals surface area contributed by atoms with Crippen LogP contribution in [-0.4, -0.2) is 70.0 Å². The second kappa shape index (κ2) is 11.7. The van der Waals surface area contributed by atoms with Crippen LogP contribution in [0.1, 0.15) is 55.7 Å². The lowest BCUT2D eigenvalue weighted by molar-refractivity contribution is -0.137. The zero-order chi connectivity index (χ0) is 32.3.